The number of anilines is 2. The topological polar surface area (TPSA) is 87.7 Å². The maximum atomic E-state index is 12.8. The number of amides is 2. The first-order valence-electron chi connectivity index (χ1n) is 12.9. The highest BCUT2D eigenvalue weighted by atomic mass is 16.5. The van der Waals surface area contributed by atoms with E-state index in [9.17, 15) is 9.59 Å². The van der Waals surface area contributed by atoms with E-state index in [1.54, 1.807) is 6.20 Å². The van der Waals surface area contributed by atoms with E-state index in [0.29, 0.717) is 30.7 Å². The van der Waals surface area contributed by atoms with Gasteiger partial charge in [-0.15, -0.1) is 5.10 Å². The SMILES string of the molecule is O=C(Nc1ccc(C2CCN(C(=O)CC3CCOCC3)CC2)cc1)C1CCN(c2cccnn2)C1. The van der Waals surface area contributed by atoms with Gasteiger partial charge in [0.2, 0.25) is 11.8 Å². The molecule has 0 saturated carbocycles. The van der Waals surface area contributed by atoms with Gasteiger partial charge in [0, 0.05) is 57.7 Å². The highest BCUT2D eigenvalue weighted by Gasteiger charge is 2.30. The molecule has 3 aliphatic rings. The molecule has 35 heavy (non-hydrogen) atoms. The van der Waals surface area contributed by atoms with E-state index < -0.39 is 0 Å². The van der Waals surface area contributed by atoms with Gasteiger partial charge < -0.3 is 19.9 Å². The van der Waals surface area contributed by atoms with Gasteiger partial charge in [-0.2, -0.15) is 5.10 Å². The summed E-state index contributed by atoms with van der Waals surface area (Å²) < 4.78 is 5.41. The summed E-state index contributed by atoms with van der Waals surface area (Å²) >= 11 is 0. The van der Waals surface area contributed by atoms with Crippen LogP contribution in [0, 0.1) is 11.8 Å². The Morgan fingerprint density at radius 1 is 0.971 bits per heavy atom. The molecule has 0 radical (unpaired) electrons. The summed E-state index contributed by atoms with van der Waals surface area (Å²) in [7, 11) is 0. The van der Waals surface area contributed by atoms with Crippen LogP contribution in [-0.2, 0) is 14.3 Å². The zero-order valence-electron chi connectivity index (χ0n) is 20.3. The molecule has 186 valence electrons. The summed E-state index contributed by atoms with van der Waals surface area (Å²) in [6.07, 6.45) is 7.13. The van der Waals surface area contributed by atoms with Crippen molar-refractivity contribution in [2.75, 3.05) is 49.6 Å². The summed E-state index contributed by atoms with van der Waals surface area (Å²) in [5.74, 6) is 2.07. The summed E-state index contributed by atoms with van der Waals surface area (Å²) in [4.78, 5) is 29.7. The lowest BCUT2D eigenvalue weighted by Crippen LogP contribution is -2.39. The fraction of sp³-hybridized carbons (Fsp3) is 0.556. The van der Waals surface area contributed by atoms with Gasteiger partial charge in [0.05, 0.1) is 5.92 Å². The number of ether oxygens (including phenoxy) is 1. The van der Waals surface area contributed by atoms with Gasteiger partial charge >= 0.3 is 0 Å². The van der Waals surface area contributed by atoms with Gasteiger partial charge in [-0.05, 0) is 73.8 Å². The number of aromatic nitrogens is 2. The molecule has 1 aromatic carbocycles. The fourth-order valence-corrected chi connectivity index (χ4v) is 5.52. The third-order valence-electron chi connectivity index (χ3n) is 7.74. The van der Waals surface area contributed by atoms with E-state index in [1.165, 1.54) is 5.56 Å². The molecule has 8 nitrogen and oxygen atoms in total. The molecule has 5 rings (SSSR count). The van der Waals surface area contributed by atoms with Crippen LogP contribution in [-0.4, -0.2) is 66.3 Å². The van der Waals surface area contributed by atoms with E-state index >= 15 is 0 Å². The van der Waals surface area contributed by atoms with Crippen LogP contribution < -0.4 is 10.2 Å². The van der Waals surface area contributed by atoms with Crippen LogP contribution in [0.1, 0.15) is 50.0 Å². The van der Waals surface area contributed by atoms with Gasteiger partial charge in [0.25, 0.3) is 0 Å². The molecule has 0 spiro atoms. The molecule has 8 heteroatoms. The number of piperidine rings is 1. The molecule has 1 atom stereocenters. The van der Waals surface area contributed by atoms with E-state index in [1.807, 2.05) is 29.2 Å². The molecule has 2 aromatic rings. The van der Waals surface area contributed by atoms with Crippen molar-refractivity contribution in [3.8, 4) is 0 Å². The van der Waals surface area contributed by atoms with Gasteiger partial charge in [-0.1, -0.05) is 12.1 Å². The minimum atomic E-state index is -0.0558. The first kappa shape index (κ1) is 23.7. The van der Waals surface area contributed by atoms with Crippen molar-refractivity contribution in [1.82, 2.24) is 15.1 Å². The van der Waals surface area contributed by atoms with Crippen molar-refractivity contribution < 1.29 is 14.3 Å². The van der Waals surface area contributed by atoms with E-state index in [2.05, 4.69) is 32.5 Å². The standard InChI is InChI=1S/C27H35N5O3/c33-26(18-20-10-16-35-17-11-20)31-13-7-22(8-14-31)21-3-5-24(6-4-21)29-27(34)23-9-15-32(19-23)25-2-1-12-28-30-25/h1-6,12,20,22-23H,7-11,13-19H2,(H,29,34). The van der Waals surface area contributed by atoms with Gasteiger partial charge in [-0.25, -0.2) is 0 Å². The quantitative estimate of drug-likeness (QED) is 0.686. The number of likely N-dealkylation sites (tertiary alicyclic amines) is 1. The van der Waals surface area contributed by atoms with Gasteiger partial charge in [0.1, 0.15) is 0 Å². The van der Waals surface area contributed by atoms with Crippen molar-refractivity contribution in [1.29, 1.82) is 0 Å². The normalized spacial score (nSPS) is 21.8. The Kier molecular flexibility index (Phi) is 7.57. The highest BCUT2D eigenvalue weighted by molar-refractivity contribution is 5.93. The third kappa shape index (κ3) is 5.99. The number of nitrogens with one attached hydrogen (secondary N) is 1. The number of hydrogen-bond acceptors (Lipinski definition) is 6. The zero-order chi connectivity index (χ0) is 24.0. The maximum absolute atomic E-state index is 12.8. The lowest BCUT2D eigenvalue weighted by Gasteiger charge is -2.33. The molecule has 1 unspecified atom stereocenters. The first-order valence-corrected chi connectivity index (χ1v) is 12.9. The minimum absolute atomic E-state index is 0.0558. The molecule has 3 saturated heterocycles. The van der Waals surface area contributed by atoms with Crippen LogP contribution in [0.25, 0.3) is 0 Å². The van der Waals surface area contributed by atoms with Crippen molar-refractivity contribution in [2.45, 2.75) is 44.4 Å². The molecule has 0 aliphatic carbocycles. The Morgan fingerprint density at radius 2 is 1.74 bits per heavy atom. The predicted molar refractivity (Wildman–Crippen MR) is 134 cm³/mol. The van der Waals surface area contributed by atoms with E-state index in [-0.39, 0.29) is 11.8 Å². The van der Waals surface area contributed by atoms with Crippen LogP contribution in [0.3, 0.4) is 0 Å². The summed E-state index contributed by atoms with van der Waals surface area (Å²) in [5, 5.41) is 11.2. The lowest BCUT2D eigenvalue weighted by molar-refractivity contribution is -0.134. The van der Waals surface area contributed by atoms with Crippen LogP contribution >= 0.6 is 0 Å². The van der Waals surface area contributed by atoms with Gasteiger partial charge in [-0.3, -0.25) is 9.59 Å². The molecule has 1 aromatic heterocycles. The van der Waals surface area contributed by atoms with Crippen molar-refractivity contribution >= 4 is 23.3 Å². The molecule has 4 heterocycles. The minimum Gasteiger partial charge on any atom is -0.381 e. The predicted octanol–water partition coefficient (Wildman–Crippen LogP) is 3.46. The number of rotatable bonds is 6. The number of carbonyl (C=O) groups is 2. The molecule has 1 N–H and O–H groups in total. The summed E-state index contributed by atoms with van der Waals surface area (Å²) in [6, 6.07) is 12.1. The molecular formula is C27H35N5O3. The van der Waals surface area contributed by atoms with Gasteiger partial charge in [0.15, 0.2) is 5.82 Å². The van der Waals surface area contributed by atoms with Crippen molar-refractivity contribution in [3.63, 3.8) is 0 Å². The second-order valence-electron chi connectivity index (χ2n) is 10.0. The first-order chi connectivity index (χ1) is 17.2. The Bertz CT molecular complexity index is 986. The number of carbonyl (C=O) groups excluding carboxylic acids is 2. The average molecular weight is 478 g/mol. The van der Waals surface area contributed by atoms with Crippen LogP contribution in [0.2, 0.25) is 0 Å². The Balaban J connectivity index is 1.08. The Hall–Kier alpha value is -3.00. The number of nitrogens with zero attached hydrogens (tertiary/aromatic N) is 4. The zero-order valence-corrected chi connectivity index (χ0v) is 20.3. The van der Waals surface area contributed by atoms with Crippen molar-refractivity contribution in [3.05, 3.63) is 48.2 Å². The molecule has 3 aliphatic heterocycles. The third-order valence-corrected chi connectivity index (χ3v) is 7.74. The number of hydrogen-bond donors (Lipinski definition) is 1. The summed E-state index contributed by atoms with van der Waals surface area (Å²) in [5.41, 5.74) is 2.12. The average Bonchev–Trinajstić information content (AvgIpc) is 3.41. The maximum Gasteiger partial charge on any atom is 0.229 e. The molecule has 0 bridgehead atoms. The Morgan fingerprint density at radius 3 is 2.46 bits per heavy atom. The molecule has 3 fully saturated rings. The molecule has 2 amide bonds. The number of benzene rings is 1. The second kappa shape index (κ2) is 11.2. The van der Waals surface area contributed by atoms with E-state index in [4.69, 9.17) is 4.74 Å². The van der Waals surface area contributed by atoms with Crippen LogP contribution in [0.4, 0.5) is 11.5 Å². The van der Waals surface area contributed by atoms with E-state index in [0.717, 1.165) is 76.5 Å². The fourth-order valence-electron chi connectivity index (χ4n) is 5.52. The van der Waals surface area contributed by atoms with Crippen LogP contribution in [0.5, 0.6) is 0 Å². The Labute approximate surface area is 207 Å². The summed E-state index contributed by atoms with van der Waals surface area (Å²) in [6.45, 7) is 4.71. The second-order valence-corrected chi connectivity index (χ2v) is 10.0. The van der Waals surface area contributed by atoms with Crippen LogP contribution in [0.15, 0.2) is 42.6 Å². The largest absolute Gasteiger partial charge is 0.381 e. The highest BCUT2D eigenvalue weighted by Crippen LogP contribution is 2.30. The van der Waals surface area contributed by atoms with Crippen molar-refractivity contribution in [2.24, 2.45) is 11.8 Å². The lowest BCUT2D eigenvalue weighted by atomic mass is 9.88. The monoisotopic (exact) mass is 477 g/mol. The molecular weight excluding hydrogens is 442 g/mol. The smallest absolute Gasteiger partial charge is 0.229 e.